The second-order valence-corrected chi connectivity index (χ2v) is 8.39. The highest BCUT2D eigenvalue weighted by Crippen LogP contribution is 2.39. The van der Waals surface area contributed by atoms with Gasteiger partial charge in [-0.3, -0.25) is 4.79 Å². The summed E-state index contributed by atoms with van der Waals surface area (Å²) in [6.45, 7) is 1.97. The SMILES string of the molecule is CCOC(=O)c1c(-c2ccc(OC)c(OC)c2)csc1NC(=O)Cc1cccc2ccccc12. The zero-order valence-electron chi connectivity index (χ0n) is 19.2. The number of rotatable bonds is 8. The molecule has 1 aromatic heterocycles. The summed E-state index contributed by atoms with van der Waals surface area (Å²) in [4.78, 5) is 25.9. The van der Waals surface area contributed by atoms with Crippen molar-refractivity contribution in [3.8, 4) is 22.6 Å². The zero-order chi connectivity index (χ0) is 24.1. The van der Waals surface area contributed by atoms with Gasteiger partial charge in [0.25, 0.3) is 0 Å². The van der Waals surface area contributed by atoms with Crippen molar-refractivity contribution in [3.63, 3.8) is 0 Å². The summed E-state index contributed by atoms with van der Waals surface area (Å²) in [5.41, 5.74) is 2.66. The fourth-order valence-electron chi connectivity index (χ4n) is 3.86. The Morgan fingerprint density at radius 3 is 2.47 bits per heavy atom. The van der Waals surface area contributed by atoms with Gasteiger partial charge in [-0.15, -0.1) is 11.3 Å². The highest BCUT2D eigenvalue weighted by Gasteiger charge is 2.24. The number of benzene rings is 3. The topological polar surface area (TPSA) is 73.9 Å². The summed E-state index contributed by atoms with van der Waals surface area (Å²) in [5.74, 6) is 0.432. The molecule has 0 aliphatic carbocycles. The average Bonchev–Trinajstić information content (AvgIpc) is 3.27. The lowest BCUT2D eigenvalue weighted by Crippen LogP contribution is -2.16. The number of hydrogen-bond donors (Lipinski definition) is 1. The highest BCUT2D eigenvalue weighted by molar-refractivity contribution is 7.15. The van der Waals surface area contributed by atoms with E-state index in [1.807, 2.05) is 53.9 Å². The molecule has 0 aliphatic heterocycles. The van der Waals surface area contributed by atoms with Crippen LogP contribution in [0.4, 0.5) is 5.00 Å². The van der Waals surface area contributed by atoms with Gasteiger partial charge in [0.2, 0.25) is 5.91 Å². The maximum absolute atomic E-state index is 13.0. The first kappa shape index (κ1) is 23.3. The molecule has 0 saturated heterocycles. The summed E-state index contributed by atoms with van der Waals surface area (Å²) in [6, 6.07) is 19.3. The Kier molecular flexibility index (Phi) is 7.13. The van der Waals surface area contributed by atoms with Crippen LogP contribution < -0.4 is 14.8 Å². The molecule has 4 aromatic rings. The van der Waals surface area contributed by atoms with Crippen molar-refractivity contribution in [1.82, 2.24) is 0 Å². The standard InChI is InChI=1S/C27H25NO5S/c1-4-33-27(30)25-21(19-12-13-22(31-2)23(14-19)32-3)16-34-26(25)28-24(29)15-18-10-7-9-17-8-5-6-11-20(17)18/h5-14,16H,4,15H2,1-3H3,(H,28,29). The molecule has 4 rings (SSSR count). The molecule has 1 N–H and O–H groups in total. The van der Waals surface area contributed by atoms with Crippen molar-refractivity contribution in [1.29, 1.82) is 0 Å². The predicted octanol–water partition coefficient (Wildman–Crippen LogP) is 5.94. The van der Waals surface area contributed by atoms with Gasteiger partial charge in [0.05, 0.1) is 27.2 Å². The van der Waals surface area contributed by atoms with E-state index in [0.717, 1.165) is 21.9 Å². The van der Waals surface area contributed by atoms with Gasteiger partial charge < -0.3 is 19.5 Å². The fraction of sp³-hybridized carbons (Fsp3) is 0.185. The summed E-state index contributed by atoms with van der Waals surface area (Å²) in [5, 5.41) is 7.32. The number of methoxy groups -OCH3 is 2. The molecule has 6 nitrogen and oxygen atoms in total. The number of carbonyl (C=O) groups is 2. The van der Waals surface area contributed by atoms with Crippen LogP contribution in [0, 0.1) is 0 Å². The van der Waals surface area contributed by atoms with Gasteiger partial charge in [0.1, 0.15) is 10.6 Å². The summed E-state index contributed by atoms with van der Waals surface area (Å²) in [7, 11) is 3.12. The normalized spacial score (nSPS) is 10.7. The molecule has 1 heterocycles. The van der Waals surface area contributed by atoms with Crippen molar-refractivity contribution < 1.29 is 23.8 Å². The first-order valence-electron chi connectivity index (χ1n) is 10.8. The van der Waals surface area contributed by atoms with E-state index < -0.39 is 5.97 Å². The lowest BCUT2D eigenvalue weighted by Gasteiger charge is -2.12. The molecule has 7 heteroatoms. The Hall–Kier alpha value is -3.84. The second kappa shape index (κ2) is 10.4. The van der Waals surface area contributed by atoms with E-state index in [2.05, 4.69) is 5.32 Å². The van der Waals surface area contributed by atoms with Crippen LogP contribution in [-0.4, -0.2) is 32.7 Å². The molecule has 0 spiro atoms. The molecule has 174 valence electrons. The Labute approximate surface area is 202 Å². The van der Waals surface area contributed by atoms with Gasteiger partial charge in [-0.25, -0.2) is 4.79 Å². The van der Waals surface area contributed by atoms with Gasteiger partial charge in [0, 0.05) is 10.9 Å². The first-order valence-corrected chi connectivity index (χ1v) is 11.7. The van der Waals surface area contributed by atoms with Crippen LogP contribution in [0.25, 0.3) is 21.9 Å². The summed E-state index contributed by atoms with van der Waals surface area (Å²) in [6.07, 6.45) is 0.188. The number of amides is 1. The van der Waals surface area contributed by atoms with Crippen LogP contribution in [0.1, 0.15) is 22.8 Å². The molecule has 3 aromatic carbocycles. The van der Waals surface area contributed by atoms with Crippen LogP contribution in [0.5, 0.6) is 11.5 Å². The fourth-order valence-corrected chi connectivity index (χ4v) is 4.84. The predicted molar refractivity (Wildman–Crippen MR) is 135 cm³/mol. The minimum absolute atomic E-state index is 0.188. The Balaban J connectivity index is 1.66. The molecule has 0 aliphatic rings. The van der Waals surface area contributed by atoms with Crippen molar-refractivity contribution >= 4 is 39.0 Å². The lowest BCUT2D eigenvalue weighted by molar-refractivity contribution is -0.115. The first-order chi connectivity index (χ1) is 16.5. The van der Waals surface area contributed by atoms with E-state index in [1.165, 1.54) is 11.3 Å². The van der Waals surface area contributed by atoms with Gasteiger partial charge in [0.15, 0.2) is 11.5 Å². The zero-order valence-corrected chi connectivity index (χ0v) is 20.0. The van der Waals surface area contributed by atoms with Crippen LogP contribution in [-0.2, 0) is 16.0 Å². The number of nitrogens with one attached hydrogen (secondary N) is 1. The average molecular weight is 476 g/mol. The monoisotopic (exact) mass is 475 g/mol. The minimum atomic E-state index is -0.492. The second-order valence-electron chi connectivity index (χ2n) is 7.51. The summed E-state index contributed by atoms with van der Waals surface area (Å²) < 4.78 is 16.0. The number of carbonyl (C=O) groups excluding carboxylic acids is 2. The van der Waals surface area contributed by atoms with E-state index in [-0.39, 0.29) is 18.9 Å². The summed E-state index contributed by atoms with van der Waals surface area (Å²) >= 11 is 1.29. The van der Waals surface area contributed by atoms with Crippen LogP contribution in [0.3, 0.4) is 0 Å². The molecular formula is C27H25NO5S. The van der Waals surface area contributed by atoms with Gasteiger partial charge in [-0.05, 0) is 41.0 Å². The van der Waals surface area contributed by atoms with Crippen LogP contribution in [0.15, 0.2) is 66.0 Å². The van der Waals surface area contributed by atoms with E-state index in [0.29, 0.717) is 27.6 Å². The number of thiophene rings is 1. The molecule has 0 fully saturated rings. The minimum Gasteiger partial charge on any atom is -0.493 e. The number of anilines is 1. The van der Waals surface area contributed by atoms with Crippen LogP contribution in [0.2, 0.25) is 0 Å². The van der Waals surface area contributed by atoms with E-state index >= 15 is 0 Å². The number of fused-ring (bicyclic) bond motifs is 1. The van der Waals surface area contributed by atoms with Crippen LogP contribution >= 0.6 is 11.3 Å². The third-order valence-electron chi connectivity index (χ3n) is 5.45. The molecule has 0 radical (unpaired) electrons. The lowest BCUT2D eigenvalue weighted by atomic mass is 10.0. The maximum Gasteiger partial charge on any atom is 0.341 e. The number of esters is 1. The van der Waals surface area contributed by atoms with E-state index in [1.54, 1.807) is 33.3 Å². The molecule has 1 amide bonds. The quantitative estimate of drug-likeness (QED) is 0.319. The van der Waals surface area contributed by atoms with Gasteiger partial charge in [-0.1, -0.05) is 48.5 Å². The number of ether oxygens (including phenoxy) is 3. The van der Waals surface area contributed by atoms with Crippen molar-refractivity contribution in [2.75, 3.05) is 26.1 Å². The molecule has 0 atom stereocenters. The largest absolute Gasteiger partial charge is 0.493 e. The van der Waals surface area contributed by atoms with Crippen molar-refractivity contribution in [3.05, 3.63) is 77.2 Å². The third kappa shape index (κ3) is 4.75. The molecule has 34 heavy (non-hydrogen) atoms. The van der Waals surface area contributed by atoms with Gasteiger partial charge in [-0.2, -0.15) is 0 Å². The van der Waals surface area contributed by atoms with E-state index in [4.69, 9.17) is 14.2 Å². The third-order valence-corrected chi connectivity index (χ3v) is 6.34. The molecule has 0 bridgehead atoms. The molecular weight excluding hydrogens is 450 g/mol. The molecule has 0 unspecified atom stereocenters. The van der Waals surface area contributed by atoms with Crippen molar-refractivity contribution in [2.45, 2.75) is 13.3 Å². The number of hydrogen-bond acceptors (Lipinski definition) is 6. The van der Waals surface area contributed by atoms with Gasteiger partial charge >= 0.3 is 5.97 Å². The van der Waals surface area contributed by atoms with E-state index in [9.17, 15) is 9.59 Å². The maximum atomic E-state index is 13.0. The Bertz CT molecular complexity index is 1340. The Morgan fingerprint density at radius 2 is 1.71 bits per heavy atom. The Morgan fingerprint density at radius 1 is 0.941 bits per heavy atom. The molecule has 0 saturated carbocycles. The highest BCUT2D eigenvalue weighted by atomic mass is 32.1. The van der Waals surface area contributed by atoms with Crippen molar-refractivity contribution in [2.24, 2.45) is 0 Å². The smallest absolute Gasteiger partial charge is 0.341 e.